The average molecular weight is 467 g/mol. The van der Waals surface area contributed by atoms with E-state index in [1.807, 2.05) is 54.6 Å². The van der Waals surface area contributed by atoms with Crippen molar-refractivity contribution in [1.82, 2.24) is 4.98 Å². The van der Waals surface area contributed by atoms with Crippen LogP contribution >= 0.6 is 12.4 Å². The Hall–Kier alpha value is -2.70. The van der Waals surface area contributed by atoms with Gasteiger partial charge in [0.2, 0.25) is 5.89 Å². The van der Waals surface area contributed by atoms with Crippen molar-refractivity contribution in [3.63, 3.8) is 0 Å². The van der Waals surface area contributed by atoms with E-state index >= 15 is 0 Å². The molecule has 0 aliphatic carbocycles. The van der Waals surface area contributed by atoms with Gasteiger partial charge in [0.05, 0.1) is 25.9 Å². The third-order valence-electron chi connectivity index (χ3n) is 5.27. The Morgan fingerprint density at radius 1 is 0.788 bits per heavy atom. The van der Waals surface area contributed by atoms with E-state index in [0.717, 1.165) is 48.1 Å². The molecule has 1 unspecified atom stereocenters. The molecule has 4 aromatic rings. The van der Waals surface area contributed by atoms with Crippen LogP contribution in [0.2, 0.25) is 0 Å². The molecule has 4 rings (SSSR count). The second-order valence-corrected chi connectivity index (χ2v) is 7.98. The highest BCUT2D eigenvalue weighted by Gasteiger charge is 2.08. The molecule has 3 aromatic carbocycles. The van der Waals surface area contributed by atoms with E-state index in [0.29, 0.717) is 25.7 Å². The fourth-order valence-corrected chi connectivity index (χ4v) is 3.53. The van der Waals surface area contributed by atoms with Crippen molar-refractivity contribution >= 4 is 23.5 Å². The maximum Gasteiger partial charge on any atom is 0.227 e. The van der Waals surface area contributed by atoms with E-state index in [1.54, 1.807) is 0 Å². The second kappa shape index (κ2) is 13.1. The summed E-state index contributed by atoms with van der Waals surface area (Å²) in [5.74, 6) is 0.626. The van der Waals surface area contributed by atoms with Gasteiger partial charge >= 0.3 is 0 Å². The van der Waals surface area contributed by atoms with Crippen molar-refractivity contribution in [2.24, 2.45) is 5.73 Å². The molecule has 1 atom stereocenters. The van der Waals surface area contributed by atoms with E-state index in [9.17, 15) is 0 Å². The average Bonchev–Trinajstić information content (AvgIpc) is 3.27. The van der Waals surface area contributed by atoms with Crippen molar-refractivity contribution in [2.45, 2.75) is 31.9 Å². The normalized spacial score (nSPS) is 11.9. The maximum absolute atomic E-state index is 6.11. The van der Waals surface area contributed by atoms with Gasteiger partial charge in [0.1, 0.15) is 5.52 Å². The van der Waals surface area contributed by atoms with Crippen LogP contribution in [0.25, 0.3) is 22.6 Å². The lowest BCUT2D eigenvalue weighted by atomic mass is 10.1. The maximum atomic E-state index is 6.11. The molecule has 0 fully saturated rings. The fraction of sp³-hybridized carbons (Fsp3) is 0.296. The Morgan fingerprint density at radius 3 is 2.30 bits per heavy atom. The predicted octanol–water partition coefficient (Wildman–Crippen LogP) is 5.80. The first-order chi connectivity index (χ1) is 15.8. The summed E-state index contributed by atoms with van der Waals surface area (Å²) in [6.45, 7) is 2.23. The van der Waals surface area contributed by atoms with Gasteiger partial charge in [-0.2, -0.15) is 0 Å². The lowest BCUT2D eigenvalue weighted by Gasteiger charge is -2.13. The highest BCUT2D eigenvalue weighted by atomic mass is 35.5. The zero-order valence-electron chi connectivity index (χ0n) is 18.7. The van der Waals surface area contributed by atoms with Gasteiger partial charge in [0.25, 0.3) is 0 Å². The van der Waals surface area contributed by atoms with E-state index < -0.39 is 0 Å². The smallest absolute Gasteiger partial charge is 0.227 e. The molecule has 0 amide bonds. The molecule has 33 heavy (non-hydrogen) atoms. The van der Waals surface area contributed by atoms with E-state index in [-0.39, 0.29) is 18.4 Å². The number of oxazole rings is 1. The lowest BCUT2D eigenvalue weighted by molar-refractivity contribution is 0.0595. The lowest BCUT2D eigenvalue weighted by Crippen LogP contribution is -2.31. The first kappa shape index (κ1) is 24.9. The van der Waals surface area contributed by atoms with Crippen LogP contribution < -0.4 is 5.73 Å². The number of hydrogen-bond donors (Lipinski definition) is 1. The predicted molar refractivity (Wildman–Crippen MR) is 135 cm³/mol. The number of unbranched alkanes of at least 4 members (excludes halogenated alkanes) is 1. The van der Waals surface area contributed by atoms with Crippen LogP contribution in [0.5, 0.6) is 0 Å². The van der Waals surface area contributed by atoms with Crippen LogP contribution in [-0.4, -0.2) is 30.8 Å². The van der Waals surface area contributed by atoms with Gasteiger partial charge in [0.15, 0.2) is 5.58 Å². The molecule has 0 radical (unpaired) electrons. The van der Waals surface area contributed by atoms with Crippen molar-refractivity contribution in [2.75, 3.05) is 19.8 Å². The van der Waals surface area contributed by atoms with E-state index in [4.69, 9.17) is 19.6 Å². The molecule has 2 N–H and O–H groups in total. The molecule has 0 bridgehead atoms. The molecule has 0 aliphatic heterocycles. The fourth-order valence-electron chi connectivity index (χ4n) is 3.53. The molecular formula is C27H31ClN2O3. The number of fused-ring (bicyclic) bond motifs is 1. The number of halogens is 1. The minimum Gasteiger partial charge on any atom is -0.436 e. The summed E-state index contributed by atoms with van der Waals surface area (Å²) < 4.78 is 17.3. The second-order valence-electron chi connectivity index (χ2n) is 7.98. The Labute approximate surface area is 201 Å². The highest BCUT2D eigenvalue weighted by Crippen LogP contribution is 2.24. The summed E-state index contributed by atoms with van der Waals surface area (Å²) in [6, 6.07) is 26.2. The third-order valence-corrected chi connectivity index (χ3v) is 5.27. The van der Waals surface area contributed by atoms with Crippen LogP contribution in [-0.2, 0) is 22.5 Å². The number of aromatic nitrogens is 1. The summed E-state index contributed by atoms with van der Waals surface area (Å²) in [5.41, 5.74) is 11.2. The van der Waals surface area contributed by atoms with Gasteiger partial charge in [0, 0.05) is 12.2 Å². The number of rotatable bonds is 12. The zero-order valence-corrected chi connectivity index (χ0v) is 19.5. The third kappa shape index (κ3) is 7.69. The molecule has 1 heterocycles. The van der Waals surface area contributed by atoms with Gasteiger partial charge in [-0.1, -0.05) is 54.6 Å². The van der Waals surface area contributed by atoms with Gasteiger partial charge < -0.3 is 19.6 Å². The molecule has 174 valence electrons. The van der Waals surface area contributed by atoms with Crippen LogP contribution in [0, 0.1) is 0 Å². The van der Waals surface area contributed by atoms with E-state index in [2.05, 4.69) is 29.2 Å². The molecule has 1 aromatic heterocycles. The summed E-state index contributed by atoms with van der Waals surface area (Å²) in [5, 5.41) is 0. The zero-order chi connectivity index (χ0) is 22.0. The molecule has 0 spiro atoms. The Bertz CT molecular complexity index is 1050. The standard InChI is InChI=1S/C27H30N2O3.ClH/c28-24(19-30-17-7-6-10-21-8-2-1-3-9-21)20-31-18-22-13-15-23(16-14-22)27-29-25-11-4-5-12-26(25)32-27;/h1-5,8-9,11-16,24H,6-7,10,17-20,28H2;1H. The number of benzene rings is 3. The number of ether oxygens (including phenoxy) is 2. The van der Waals surface area contributed by atoms with Crippen LogP contribution in [0.4, 0.5) is 0 Å². The van der Waals surface area contributed by atoms with Crippen molar-refractivity contribution < 1.29 is 13.9 Å². The minimum absolute atomic E-state index is 0. The van der Waals surface area contributed by atoms with Gasteiger partial charge in [-0.05, 0) is 54.7 Å². The van der Waals surface area contributed by atoms with Crippen LogP contribution in [0.1, 0.15) is 24.0 Å². The summed E-state index contributed by atoms with van der Waals surface area (Å²) >= 11 is 0. The number of nitrogens with two attached hydrogens (primary N) is 1. The molecule has 0 saturated heterocycles. The van der Waals surface area contributed by atoms with E-state index in [1.165, 1.54) is 5.56 Å². The SMILES string of the molecule is Cl.NC(COCCCCc1ccccc1)COCc1ccc(-c2nc3ccccc3o2)cc1. The first-order valence-electron chi connectivity index (χ1n) is 11.2. The highest BCUT2D eigenvalue weighted by molar-refractivity contribution is 5.85. The summed E-state index contributed by atoms with van der Waals surface area (Å²) in [6.07, 6.45) is 3.24. The van der Waals surface area contributed by atoms with Crippen molar-refractivity contribution in [3.8, 4) is 11.5 Å². The van der Waals surface area contributed by atoms with Crippen LogP contribution in [0.3, 0.4) is 0 Å². The van der Waals surface area contributed by atoms with Gasteiger partial charge in [-0.25, -0.2) is 4.98 Å². The van der Waals surface area contributed by atoms with Gasteiger partial charge in [-0.15, -0.1) is 12.4 Å². The number of nitrogens with zero attached hydrogens (tertiary/aromatic N) is 1. The Morgan fingerprint density at radius 2 is 1.52 bits per heavy atom. The molecule has 0 saturated carbocycles. The monoisotopic (exact) mass is 466 g/mol. The Balaban J connectivity index is 0.00000306. The molecule has 6 heteroatoms. The topological polar surface area (TPSA) is 70.5 Å². The minimum atomic E-state index is -0.122. The van der Waals surface area contributed by atoms with Crippen molar-refractivity contribution in [3.05, 3.63) is 90.0 Å². The summed E-state index contributed by atoms with van der Waals surface area (Å²) in [7, 11) is 0. The number of aryl methyl sites for hydroxylation is 1. The van der Waals surface area contributed by atoms with Crippen LogP contribution in [0.15, 0.2) is 83.3 Å². The van der Waals surface area contributed by atoms with Gasteiger partial charge in [-0.3, -0.25) is 0 Å². The largest absolute Gasteiger partial charge is 0.436 e. The molecular weight excluding hydrogens is 436 g/mol. The van der Waals surface area contributed by atoms with Crippen molar-refractivity contribution in [1.29, 1.82) is 0 Å². The number of hydrogen-bond acceptors (Lipinski definition) is 5. The summed E-state index contributed by atoms with van der Waals surface area (Å²) in [4.78, 5) is 4.53. The first-order valence-corrected chi connectivity index (χ1v) is 11.2. The molecule has 0 aliphatic rings. The Kier molecular flexibility index (Phi) is 9.91. The number of para-hydroxylation sites is 2. The molecule has 5 nitrogen and oxygen atoms in total. The quantitative estimate of drug-likeness (QED) is 0.267.